The van der Waals surface area contributed by atoms with Crippen LogP contribution in [-0.4, -0.2) is 38.3 Å². The number of carbonyl (C=O) groups is 1. The standard InChI is InChI=1S/C18H28N2O4S/c1-4-14(3)18(21)19-15-9-10-16(24-5-2)17(13-15)25(22,23)20-11-7-6-8-12-20/h9-10,13-14H,4-8,11-12H2,1-3H3,(H,19,21)/t14-/m0/s1. The lowest BCUT2D eigenvalue weighted by Gasteiger charge is -2.27. The normalized spacial score (nSPS) is 17.1. The second-order valence-electron chi connectivity index (χ2n) is 6.36. The molecule has 0 saturated carbocycles. The Balaban J connectivity index is 2.36. The minimum atomic E-state index is -3.64. The Hall–Kier alpha value is -1.60. The van der Waals surface area contributed by atoms with Crippen molar-refractivity contribution in [3.8, 4) is 5.75 Å². The summed E-state index contributed by atoms with van der Waals surface area (Å²) < 4.78 is 33.1. The third-order valence-corrected chi connectivity index (χ3v) is 6.42. The number of piperidine rings is 1. The fourth-order valence-electron chi connectivity index (χ4n) is 2.76. The van der Waals surface area contributed by atoms with E-state index in [1.165, 1.54) is 10.4 Å². The van der Waals surface area contributed by atoms with Crippen molar-refractivity contribution in [1.82, 2.24) is 4.31 Å². The van der Waals surface area contributed by atoms with Gasteiger partial charge in [0.25, 0.3) is 0 Å². The molecule has 0 aromatic heterocycles. The van der Waals surface area contributed by atoms with Crippen LogP contribution in [0.25, 0.3) is 0 Å². The summed E-state index contributed by atoms with van der Waals surface area (Å²) in [5, 5.41) is 2.80. The molecule has 1 saturated heterocycles. The molecule has 0 bridgehead atoms. The molecule has 1 amide bonds. The first kappa shape index (κ1) is 19.7. The topological polar surface area (TPSA) is 75.7 Å². The van der Waals surface area contributed by atoms with Crippen molar-refractivity contribution in [2.24, 2.45) is 5.92 Å². The van der Waals surface area contributed by atoms with E-state index in [0.717, 1.165) is 25.7 Å². The minimum Gasteiger partial charge on any atom is -0.492 e. The zero-order valence-corrected chi connectivity index (χ0v) is 16.1. The lowest BCUT2D eigenvalue weighted by atomic mass is 10.1. The van der Waals surface area contributed by atoms with E-state index < -0.39 is 10.0 Å². The molecule has 1 atom stereocenters. The molecule has 1 fully saturated rings. The number of hydrogen-bond acceptors (Lipinski definition) is 4. The summed E-state index contributed by atoms with van der Waals surface area (Å²) in [5.74, 6) is 0.0799. The van der Waals surface area contributed by atoms with E-state index in [1.54, 1.807) is 12.1 Å². The highest BCUT2D eigenvalue weighted by Crippen LogP contribution is 2.31. The monoisotopic (exact) mass is 368 g/mol. The van der Waals surface area contributed by atoms with Gasteiger partial charge >= 0.3 is 0 Å². The maximum absolute atomic E-state index is 13.0. The maximum Gasteiger partial charge on any atom is 0.246 e. The summed E-state index contributed by atoms with van der Waals surface area (Å²) in [4.78, 5) is 12.2. The summed E-state index contributed by atoms with van der Waals surface area (Å²) >= 11 is 0. The van der Waals surface area contributed by atoms with Crippen molar-refractivity contribution < 1.29 is 17.9 Å². The predicted molar refractivity (Wildman–Crippen MR) is 98.3 cm³/mol. The van der Waals surface area contributed by atoms with E-state index in [9.17, 15) is 13.2 Å². The van der Waals surface area contributed by atoms with Gasteiger partial charge in [-0.2, -0.15) is 4.31 Å². The van der Waals surface area contributed by atoms with Gasteiger partial charge in [-0.05, 0) is 44.4 Å². The summed E-state index contributed by atoms with van der Waals surface area (Å²) in [5.41, 5.74) is 0.476. The molecule has 25 heavy (non-hydrogen) atoms. The first-order valence-electron chi connectivity index (χ1n) is 8.98. The molecule has 1 N–H and O–H groups in total. The van der Waals surface area contributed by atoms with Gasteiger partial charge in [0.1, 0.15) is 10.6 Å². The SMILES string of the molecule is CCOc1ccc(NC(=O)[C@@H](C)CC)cc1S(=O)(=O)N1CCCCC1. The zero-order valence-electron chi connectivity index (χ0n) is 15.2. The number of ether oxygens (including phenoxy) is 1. The van der Waals surface area contributed by atoms with Crippen molar-refractivity contribution in [2.75, 3.05) is 25.0 Å². The molecule has 0 radical (unpaired) electrons. The highest BCUT2D eigenvalue weighted by molar-refractivity contribution is 7.89. The summed E-state index contributed by atoms with van der Waals surface area (Å²) in [6.45, 7) is 7.02. The van der Waals surface area contributed by atoms with E-state index in [4.69, 9.17) is 4.74 Å². The Kier molecular flexibility index (Phi) is 6.84. The van der Waals surface area contributed by atoms with Gasteiger partial charge in [-0.15, -0.1) is 0 Å². The van der Waals surface area contributed by atoms with Crippen LogP contribution in [0.15, 0.2) is 23.1 Å². The van der Waals surface area contributed by atoms with Crippen LogP contribution in [0.5, 0.6) is 5.75 Å². The van der Waals surface area contributed by atoms with Crippen molar-refractivity contribution in [2.45, 2.75) is 51.3 Å². The van der Waals surface area contributed by atoms with Gasteiger partial charge in [0.2, 0.25) is 15.9 Å². The number of carbonyl (C=O) groups excluding carboxylic acids is 1. The van der Waals surface area contributed by atoms with E-state index >= 15 is 0 Å². The average Bonchev–Trinajstić information content (AvgIpc) is 2.63. The van der Waals surface area contributed by atoms with E-state index in [0.29, 0.717) is 31.1 Å². The molecule has 0 unspecified atom stereocenters. The molecule has 1 aromatic carbocycles. The lowest BCUT2D eigenvalue weighted by Crippen LogP contribution is -2.35. The number of anilines is 1. The lowest BCUT2D eigenvalue weighted by molar-refractivity contribution is -0.119. The quantitative estimate of drug-likeness (QED) is 0.802. The van der Waals surface area contributed by atoms with Crippen LogP contribution < -0.4 is 10.1 Å². The second-order valence-corrected chi connectivity index (χ2v) is 8.26. The van der Waals surface area contributed by atoms with Gasteiger partial charge in [0, 0.05) is 24.7 Å². The molecular formula is C18H28N2O4S. The number of benzene rings is 1. The average molecular weight is 368 g/mol. The first-order chi connectivity index (χ1) is 11.9. The zero-order chi connectivity index (χ0) is 18.4. The smallest absolute Gasteiger partial charge is 0.246 e. The van der Waals surface area contributed by atoms with Gasteiger partial charge in [-0.25, -0.2) is 8.42 Å². The number of sulfonamides is 1. The predicted octanol–water partition coefficient (Wildman–Crippen LogP) is 3.24. The van der Waals surface area contributed by atoms with E-state index in [-0.39, 0.29) is 16.7 Å². The highest BCUT2D eigenvalue weighted by atomic mass is 32.2. The van der Waals surface area contributed by atoms with Crippen LogP contribution in [0, 0.1) is 5.92 Å². The van der Waals surface area contributed by atoms with Gasteiger partial charge in [0.05, 0.1) is 6.61 Å². The van der Waals surface area contributed by atoms with E-state index in [2.05, 4.69) is 5.32 Å². The molecule has 7 heteroatoms. The molecule has 1 aliphatic heterocycles. The van der Waals surface area contributed by atoms with Crippen LogP contribution in [0.1, 0.15) is 46.5 Å². The third-order valence-electron chi connectivity index (χ3n) is 4.50. The highest BCUT2D eigenvalue weighted by Gasteiger charge is 2.29. The Bertz CT molecular complexity index is 697. The molecule has 0 spiro atoms. The molecule has 1 heterocycles. The van der Waals surface area contributed by atoms with Crippen LogP contribution in [0.2, 0.25) is 0 Å². The molecule has 1 aromatic rings. The summed E-state index contributed by atoms with van der Waals surface area (Å²) in [7, 11) is -3.64. The Morgan fingerprint density at radius 1 is 1.24 bits per heavy atom. The second kappa shape index (κ2) is 8.67. The number of hydrogen-bond donors (Lipinski definition) is 1. The number of nitrogens with one attached hydrogen (secondary N) is 1. The van der Waals surface area contributed by atoms with Crippen LogP contribution in [0.3, 0.4) is 0 Å². The Labute approximate surface area is 150 Å². The minimum absolute atomic E-state index is 0.118. The van der Waals surface area contributed by atoms with Crippen LogP contribution >= 0.6 is 0 Å². The van der Waals surface area contributed by atoms with Crippen molar-refractivity contribution in [1.29, 1.82) is 0 Å². The molecular weight excluding hydrogens is 340 g/mol. The van der Waals surface area contributed by atoms with E-state index in [1.807, 2.05) is 20.8 Å². The molecule has 2 rings (SSSR count). The summed E-state index contributed by atoms with van der Waals surface area (Å²) in [6, 6.07) is 4.81. The van der Waals surface area contributed by atoms with Crippen molar-refractivity contribution in [3.05, 3.63) is 18.2 Å². The molecule has 1 aliphatic rings. The van der Waals surface area contributed by atoms with Gasteiger partial charge in [0.15, 0.2) is 0 Å². The van der Waals surface area contributed by atoms with Gasteiger partial charge < -0.3 is 10.1 Å². The molecule has 0 aliphatic carbocycles. The summed E-state index contributed by atoms with van der Waals surface area (Å²) in [6.07, 6.45) is 3.51. The van der Waals surface area contributed by atoms with Gasteiger partial charge in [-0.3, -0.25) is 4.79 Å². The van der Waals surface area contributed by atoms with Crippen LogP contribution in [-0.2, 0) is 14.8 Å². The third kappa shape index (κ3) is 4.73. The molecule has 6 nitrogen and oxygen atoms in total. The first-order valence-corrected chi connectivity index (χ1v) is 10.4. The van der Waals surface area contributed by atoms with Crippen molar-refractivity contribution >= 4 is 21.6 Å². The maximum atomic E-state index is 13.0. The van der Waals surface area contributed by atoms with Crippen LogP contribution in [0.4, 0.5) is 5.69 Å². The van der Waals surface area contributed by atoms with Crippen molar-refractivity contribution in [3.63, 3.8) is 0 Å². The largest absolute Gasteiger partial charge is 0.492 e. The number of rotatable bonds is 7. The molecule has 140 valence electrons. The Morgan fingerprint density at radius 2 is 1.92 bits per heavy atom. The van der Waals surface area contributed by atoms with Gasteiger partial charge in [-0.1, -0.05) is 20.3 Å². The fraction of sp³-hybridized carbons (Fsp3) is 0.611. The number of amides is 1. The number of nitrogens with zero attached hydrogens (tertiary/aromatic N) is 1. The Morgan fingerprint density at radius 3 is 2.52 bits per heavy atom. The fourth-order valence-corrected chi connectivity index (χ4v) is 4.43.